The third kappa shape index (κ3) is 3.94. The number of rotatable bonds is 2. The number of hydrogen-bond acceptors (Lipinski definition) is 3. The molecule has 3 nitrogen and oxygen atoms in total. The molecule has 0 aromatic carbocycles. The molecule has 80 valence electrons. The molecule has 0 N–H and O–H groups in total. The molecule has 0 aliphatic heterocycles. The summed E-state index contributed by atoms with van der Waals surface area (Å²) >= 11 is 0. The molecule has 14 heavy (non-hydrogen) atoms. The van der Waals surface area contributed by atoms with E-state index in [2.05, 4.69) is 4.98 Å². The number of nitrogens with zero attached hydrogens (tertiary/aromatic N) is 1. The summed E-state index contributed by atoms with van der Waals surface area (Å²) in [5, 5.41) is 0. The highest BCUT2D eigenvalue weighted by molar-refractivity contribution is 5.90. The number of carbonyl (C=O) groups excluding carboxylic acids is 1. The minimum atomic E-state index is -0.303. The first kappa shape index (κ1) is 15.7. The molecule has 1 rings (SSSR count). The molecule has 0 unspecified atom stereocenters. The maximum Gasteiger partial charge on any atom is 0.339 e. The first-order valence-electron chi connectivity index (χ1n) is 3.84. The van der Waals surface area contributed by atoms with Crippen molar-refractivity contribution in [2.45, 2.75) is 13.8 Å². The molecule has 0 saturated heterocycles. The van der Waals surface area contributed by atoms with Gasteiger partial charge < -0.3 is 4.74 Å². The Labute approximate surface area is 95.7 Å². The lowest BCUT2D eigenvalue weighted by molar-refractivity contribution is 0.0525. The third-order valence-electron chi connectivity index (χ3n) is 1.50. The van der Waals surface area contributed by atoms with Crippen LogP contribution in [0.5, 0.6) is 0 Å². The van der Waals surface area contributed by atoms with Crippen LogP contribution in [0, 0.1) is 6.92 Å². The van der Waals surface area contributed by atoms with Crippen molar-refractivity contribution in [2.24, 2.45) is 0 Å². The molecule has 0 spiro atoms. The zero-order valence-corrected chi connectivity index (χ0v) is 9.65. The van der Waals surface area contributed by atoms with Crippen molar-refractivity contribution in [2.75, 3.05) is 6.61 Å². The van der Waals surface area contributed by atoms with E-state index in [-0.39, 0.29) is 30.8 Å². The van der Waals surface area contributed by atoms with Gasteiger partial charge in [-0.05, 0) is 26.0 Å². The van der Waals surface area contributed by atoms with Crippen LogP contribution in [-0.2, 0) is 4.74 Å². The Hall–Kier alpha value is -0.800. The molecule has 1 aromatic heterocycles. The molecule has 0 fully saturated rings. The predicted molar refractivity (Wildman–Crippen MR) is 59.4 cm³/mol. The topological polar surface area (TPSA) is 39.2 Å². The van der Waals surface area contributed by atoms with E-state index in [1.54, 1.807) is 32.2 Å². The van der Waals surface area contributed by atoms with Crippen LogP contribution >= 0.6 is 24.8 Å². The van der Waals surface area contributed by atoms with E-state index in [9.17, 15) is 4.79 Å². The second kappa shape index (κ2) is 7.59. The van der Waals surface area contributed by atoms with Crippen molar-refractivity contribution in [3.05, 3.63) is 29.6 Å². The molecule has 0 bridgehead atoms. The minimum absolute atomic E-state index is 0. The van der Waals surface area contributed by atoms with Crippen molar-refractivity contribution in [1.29, 1.82) is 0 Å². The zero-order chi connectivity index (χ0) is 8.97. The second-order valence-corrected chi connectivity index (χ2v) is 2.36. The van der Waals surface area contributed by atoms with Gasteiger partial charge in [-0.15, -0.1) is 24.8 Å². The maximum atomic E-state index is 11.2. The van der Waals surface area contributed by atoms with E-state index in [0.717, 1.165) is 0 Å². The van der Waals surface area contributed by atoms with Crippen LogP contribution in [0.3, 0.4) is 0 Å². The average molecular weight is 238 g/mol. The predicted octanol–water partition coefficient (Wildman–Crippen LogP) is 2.41. The molecule has 1 heterocycles. The smallest absolute Gasteiger partial charge is 0.339 e. The van der Waals surface area contributed by atoms with Gasteiger partial charge in [0.2, 0.25) is 0 Å². The highest BCUT2D eigenvalue weighted by Crippen LogP contribution is 2.04. The Kier molecular flexibility index (Phi) is 8.49. The first-order chi connectivity index (χ1) is 5.75. The fraction of sp³-hybridized carbons (Fsp3) is 0.333. The summed E-state index contributed by atoms with van der Waals surface area (Å²) in [5.41, 5.74) is 1.25. The van der Waals surface area contributed by atoms with E-state index in [1.165, 1.54) is 0 Å². The zero-order valence-electron chi connectivity index (χ0n) is 8.02. The Balaban J connectivity index is 0. The summed E-state index contributed by atoms with van der Waals surface area (Å²) in [6.45, 7) is 3.96. The molecule has 0 radical (unpaired) electrons. The molecule has 0 aliphatic rings. The second-order valence-electron chi connectivity index (χ2n) is 2.36. The van der Waals surface area contributed by atoms with E-state index in [1.807, 2.05) is 0 Å². The van der Waals surface area contributed by atoms with Gasteiger partial charge in [0.15, 0.2) is 0 Å². The summed E-state index contributed by atoms with van der Waals surface area (Å²) in [6.07, 6.45) is 1.65. The van der Waals surface area contributed by atoms with E-state index in [4.69, 9.17) is 4.74 Å². The van der Waals surface area contributed by atoms with Crippen molar-refractivity contribution < 1.29 is 9.53 Å². The minimum Gasteiger partial charge on any atom is -0.462 e. The summed E-state index contributed by atoms with van der Waals surface area (Å²) in [5.74, 6) is -0.303. The van der Waals surface area contributed by atoms with Crippen molar-refractivity contribution in [3.8, 4) is 0 Å². The Bertz CT molecular complexity index is 292. The standard InChI is InChI=1S/C9H11NO2.2ClH/c1-3-12-9(11)8-5-4-6-10-7(8)2;;/h4-6H,3H2,1-2H3;2*1H. The number of carbonyl (C=O) groups is 1. The van der Waals surface area contributed by atoms with E-state index in [0.29, 0.717) is 17.9 Å². The number of pyridine rings is 1. The molecule has 0 aliphatic carbocycles. The maximum absolute atomic E-state index is 11.2. The largest absolute Gasteiger partial charge is 0.462 e. The highest BCUT2D eigenvalue weighted by Gasteiger charge is 2.08. The number of hydrogen-bond donors (Lipinski definition) is 0. The van der Waals surface area contributed by atoms with Gasteiger partial charge in [0.25, 0.3) is 0 Å². The van der Waals surface area contributed by atoms with E-state index >= 15 is 0 Å². The number of halogens is 2. The van der Waals surface area contributed by atoms with Gasteiger partial charge in [0.1, 0.15) is 0 Å². The van der Waals surface area contributed by atoms with Crippen molar-refractivity contribution in [1.82, 2.24) is 4.98 Å². The average Bonchev–Trinajstić information content (AvgIpc) is 2.05. The van der Waals surface area contributed by atoms with Crippen molar-refractivity contribution in [3.63, 3.8) is 0 Å². The van der Waals surface area contributed by atoms with Gasteiger partial charge >= 0.3 is 5.97 Å². The number of esters is 1. The molecule has 0 saturated carbocycles. The number of aryl methyl sites for hydroxylation is 1. The van der Waals surface area contributed by atoms with Crippen LogP contribution in [0.15, 0.2) is 18.3 Å². The normalized spacial score (nSPS) is 8.14. The fourth-order valence-electron chi connectivity index (χ4n) is 0.909. The molecule has 5 heteroatoms. The summed E-state index contributed by atoms with van der Waals surface area (Å²) in [7, 11) is 0. The summed E-state index contributed by atoms with van der Waals surface area (Å²) < 4.78 is 4.83. The Morgan fingerprint density at radius 3 is 2.64 bits per heavy atom. The number of ether oxygens (including phenoxy) is 1. The lowest BCUT2D eigenvalue weighted by Gasteiger charge is -2.02. The Morgan fingerprint density at radius 2 is 2.14 bits per heavy atom. The van der Waals surface area contributed by atoms with Gasteiger partial charge in [-0.1, -0.05) is 0 Å². The summed E-state index contributed by atoms with van der Waals surface area (Å²) in [6, 6.07) is 3.43. The van der Waals surface area contributed by atoms with Crippen LogP contribution in [0.1, 0.15) is 23.0 Å². The third-order valence-corrected chi connectivity index (χ3v) is 1.50. The fourth-order valence-corrected chi connectivity index (χ4v) is 0.909. The van der Waals surface area contributed by atoms with Gasteiger partial charge in [-0.2, -0.15) is 0 Å². The molecule has 0 atom stereocenters. The van der Waals surface area contributed by atoms with Gasteiger partial charge in [-0.25, -0.2) is 4.79 Å². The molecular formula is C9H13Cl2NO2. The lowest BCUT2D eigenvalue weighted by Crippen LogP contribution is -2.07. The van der Waals surface area contributed by atoms with Gasteiger partial charge in [-0.3, -0.25) is 4.98 Å². The number of aromatic nitrogens is 1. The van der Waals surface area contributed by atoms with Crippen LogP contribution in [0.4, 0.5) is 0 Å². The quantitative estimate of drug-likeness (QED) is 0.742. The Morgan fingerprint density at radius 1 is 1.50 bits per heavy atom. The molecule has 0 amide bonds. The van der Waals surface area contributed by atoms with Crippen molar-refractivity contribution >= 4 is 30.8 Å². The van der Waals surface area contributed by atoms with Crippen LogP contribution in [-0.4, -0.2) is 17.6 Å². The van der Waals surface area contributed by atoms with Crippen LogP contribution in [0.2, 0.25) is 0 Å². The lowest BCUT2D eigenvalue weighted by atomic mass is 10.2. The monoisotopic (exact) mass is 237 g/mol. The van der Waals surface area contributed by atoms with Crippen LogP contribution < -0.4 is 0 Å². The van der Waals surface area contributed by atoms with Gasteiger partial charge in [0, 0.05) is 6.20 Å². The summed E-state index contributed by atoms with van der Waals surface area (Å²) in [4.78, 5) is 15.2. The highest BCUT2D eigenvalue weighted by atomic mass is 35.5. The van der Waals surface area contributed by atoms with Gasteiger partial charge in [0.05, 0.1) is 17.9 Å². The first-order valence-corrected chi connectivity index (χ1v) is 3.84. The SMILES string of the molecule is CCOC(=O)c1cccnc1C.Cl.Cl. The molecule has 1 aromatic rings. The van der Waals surface area contributed by atoms with Crippen LogP contribution in [0.25, 0.3) is 0 Å². The van der Waals surface area contributed by atoms with E-state index < -0.39 is 0 Å². The molecular weight excluding hydrogens is 225 g/mol.